The van der Waals surface area contributed by atoms with Gasteiger partial charge in [0.15, 0.2) is 5.82 Å². The summed E-state index contributed by atoms with van der Waals surface area (Å²) in [6.45, 7) is 0. The van der Waals surface area contributed by atoms with Crippen LogP contribution in [0.5, 0.6) is 0 Å². The second kappa shape index (κ2) is 3.67. The zero-order valence-electron chi connectivity index (χ0n) is 7.38. The van der Waals surface area contributed by atoms with Crippen molar-refractivity contribution in [1.29, 1.82) is 0 Å². The molecule has 0 amide bonds. The quantitative estimate of drug-likeness (QED) is 0.626. The standard InChI is InChI=1S/C11H7N3/c1-2-9-6-10(8-12-7-9)11-13-4-3-5-14-11/h1,3-8H. The van der Waals surface area contributed by atoms with Gasteiger partial charge in [-0.2, -0.15) is 0 Å². The van der Waals surface area contributed by atoms with Crippen LogP contribution in [-0.4, -0.2) is 15.0 Å². The number of pyridine rings is 1. The third-order valence-corrected chi connectivity index (χ3v) is 1.73. The zero-order valence-corrected chi connectivity index (χ0v) is 7.38. The summed E-state index contributed by atoms with van der Waals surface area (Å²) in [5, 5.41) is 0. The first-order valence-electron chi connectivity index (χ1n) is 4.09. The van der Waals surface area contributed by atoms with Crippen molar-refractivity contribution in [2.45, 2.75) is 0 Å². The lowest BCUT2D eigenvalue weighted by Crippen LogP contribution is -1.88. The summed E-state index contributed by atoms with van der Waals surface area (Å²) in [5.41, 5.74) is 1.57. The molecule has 2 aromatic heterocycles. The second-order valence-corrected chi connectivity index (χ2v) is 2.68. The molecule has 0 unspecified atom stereocenters. The van der Waals surface area contributed by atoms with Crippen LogP contribution in [0.15, 0.2) is 36.9 Å². The number of terminal acetylenes is 1. The lowest BCUT2D eigenvalue weighted by atomic mass is 10.2. The van der Waals surface area contributed by atoms with E-state index in [4.69, 9.17) is 6.42 Å². The fraction of sp³-hybridized carbons (Fsp3) is 0. The summed E-state index contributed by atoms with van der Waals surface area (Å²) in [6.07, 6.45) is 12.0. The molecule has 0 radical (unpaired) electrons. The molecule has 3 nitrogen and oxygen atoms in total. The van der Waals surface area contributed by atoms with Crippen molar-refractivity contribution in [1.82, 2.24) is 15.0 Å². The van der Waals surface area contributed by atoms with Crippen molar-refractivity contribution in [2.75, 3.05) is 0 Å². The van der Waals surface area contributed by atoms with Gasteiger partial charge in [-0.3, -0.25) is 4.98 Å². The van der Waals surface area contributed by atoms with Gasteiger partial charge in [0.1, 0.15) is 0 Å². The molecule has 2 heterocycles. The molecule has 0 aliphatic rings. The maximum atomic E-state index is 5.27. The van der Waals surface area contributed by atoms with Crippen LogP contribution in [0.1, 0.15) is 5.56 Å². The minimum atomic E-state index is 0.636. The van der Waals surface area contributed by atoms with Crippen LogP contribution in [0.4, 0.5) is 0 Å². The maximum Gasteiger partial charge on any atom is 0.160 e. The van der Waals surface area contributed by atoms with E-state index >= 15 is 0 Å². The predicted octanol–water partition coefficient (Wildman–Crippen LogP) is 1.52. The third-order valence-electron chi connectivity index (χ3n) is 1.73. The van der Waals surface area contributed by atoms with Crippen LogP contribution >= 0.6 is 0 Å². The first-order chi connectivity index (χ1) is 6.90. The Morgan fingerprint density at radius 3 is 2.64 bits per heavy atom. The number of hydrogen-bond donors (Lipinski definition) is 0. The van der Waals surface area contributed by atoms with E-state index < -0.39 is 0 Å². The van der Waals surface area contributed by atoms with Gasteiger partial charge in [-0.05, 0) is 12.1 Å². The fourth-order valence-corrected chi connectivity index (χ4v) is 1.09. The van der Waals surface area contributed by atoms with Gasteiger partial charge in [0.2, 0.25) is 0 Å². The van der Waals surface area contributed by atoms with Gasteiger partial charge in [-0.15, -0.1) is 6.42 Å². The molecule has 0 bridgehead atoms. The van der Waals surface area contributed by atoms with Crippen molar-refractivity contribution in [3.8, 4) is 23.7 Å². The number of aromatic nitrogens is 3. The highest BCUT2D eigenvalue weighted by atomic mass is 14.9. The molecule has 0 atom stereocenters. The van der Waals surface area contributed by atoms with Crippen molar-refractivity contribution in [3.63, 3.8) is 0 Å². The molecule has 0 fully saturated rings. The molecule has 0 aliphatic carbocycles. The van der Waals surface area contributed by atoms with Crippen molar-refractivity contribution in [2.24, 2.45) is 0 Å². The van der Waals surface area contributed by atoms with E-state index in [1.54, 1.807) is 30.9 Å². The van der Waals surface area contributed by atoms with Gasteiger partial charge < -0.3 is 0 Å². The summed E-state index contributed by atoms with van der Waals surface area (Å²) in [7, 11) is 0. The fourth-order valence-electron chi connectivity index (χ4n) is 1.09. The Morgan fingerprint density at radius 2 is 1.93 bits per heavy atom. The van der Waals surface area contributed by atoms with E-state index in [-0.39, 0.29) is 0 Å². The molecule has 0 aromatic carbocycles. The van der Waals surface area contributed by atoms with Gasteiger partial charge in [-0.25, -0.2) is 9.97 Å². The van der Waals surface area contributed by atoms with Crippen LogP contribution in [0.25, 0.3) is 11.4 Å². The maximum absolute atomic E-state index is 5.27. The largest absolute Gasteiger partial charge is 0.263 e. The Kier molecular flexibility index (Phi) is 2.20. The topological polar surface area (TPSA) is 38.7 Å². The first kappa shape index (κ1) is 8.39. The number of rotatable bonds is 1. The van der Waals surface area contributed by atoms with Crippen molar-refractivity contribution < 1.29 is 0 Å². The molecule has 2 aromatic rings. The van der Waals surface area contributed by atoms with E-state index in [0.717, 1.165) is 11.1 Å². The molecule has 0 aliphatic heterocycles. The first-order valence-corrected chi connectivity index (χ1v) is 4.09. The average Bonchev–Trinajstić information content (AvgIpc) is 2.30. The van der Waals surface area contributed by atoms with E-state index in [1.165, 1.54) is 0 Å². The average molecular weight is 181 g/mol. The van der Waals surface area contributed by atoms with Crippen LogP contribution in [0.3, 0.4) is 0 Å². The van der Waals surface area contributed by atoms with E-state index in [1.807, 2.05) is 6.07 Å². The van der Waals surface area contributed by atoms with Crippen LogP contribution in [-0.2, 0) is 0 Å². The van der Waals surface area contributed by atoms with Crippen molar-refractivity contribution >= 4 is 0 Å². The van der Waals surface area contributed by atoms with Crippen LogP contribution in [0, 0.1) is 12.3 Å². The molecule has 2 rings (SSSR count). The smallest absolute Gasteiger partial charge is 0.160 e. The van der Waals surface area contributed by atoms with Crippen LogP contribution < -0.4 is 0 Å². The molecule has 0 N–H and O–H groups in total. The van der Waals surface area contributed by atoms with Crippen molar-refractivity contribution in [3.05, 3.63) is 42.5 Å². The second-order valence-electron chi connectivity index (χ2n) is 2.68. The summed E-state index contributed by atoms with van der Waals surface area (Å²) in [4.78, 5) is 12.2. The minimum Gasteiger partial charge on any atom is -0.263 e. The van der Waals surface area contributed by atoms with Gasteiger partial charge in [0.25, 0.3) is 0 Å². The third kappa shape index (κ3) is 1.59. The summed E-state index contributed by atoms with van der Waals surface area (Å²) >= 11 is 0. The lowest BCUT2D eigenvalue weighted by molar-refractivity contribution is 1.16. The number of nitrogens with zero attached hydrogens (tertiary/aromatic N) is 3. The van der Waals surface area contributed by atoms with E-state index in [0.29, 0.717) is 5.82 Å². The Morgan fingerprint density at radius 1 is 1.14 bits per heavy atom. The molecule has 66 valence electrons. The molecule has 0 saturated carbocycles. The van der Waals surface area contributed by atoms with Gasteiger partial charge in [0.05, 0.1) is 0 Å². The predicted molar refractivity (Wildman–Crippen MR) is 53.2 cm³/mol. The highest BCUT2D eigenvalue weighted by Crippen LogP contribution is 2.12. The molecule has 0 spiro atoms. The van der Waals surface area contributed by atoms with E-state index in [2.05, 4.69) is 20.9 Å². The molecular formula is C11H7N3. The van der Waals surface area contributed by atoms with Gasteiger partial charge >= 0.3 is 0 Å². The minimum absolute atomic E-state index is 0.636. The highest BCUT2D eigenvalue weighted by molar-refractivity contribution is 5.55. The Labute approximate surface area is 81.9 Å². The van der Waals surface area contributed by atoms with Crippen LogP contribution in [0.2, 0.25) is 0 Å². The normalized spacial score (nSPS) is 9.36. The Balaban J connectivity index is 2.49. The SMILES string of the molecule is C#Cc1cncc(-c2ncccn2)c1. The molecular weight excluding hydrogens is 174 g/mol. The highest BCUT2D eigenvalue weighted by Gasteiger charge is 1.99. The zero-order chi connectivity index (χ0) is 9.80. The lowest BCUT2D eigenvalue weighted by Gasteiger charge is -1.98. The summed E-state index contributed by atoms with van der Waals surface area (Å²) in [6, 6.07) is 3.60. The van der Waals surface area contributed by atoms with Gasteiger partial charge in [-0.1, -0.05) is 5.92 Å². The Hall–Kier alpha value is -2.21. The molecule has 14 heavy (non-hydrogen) atoms. The summed E-state index contributed by atoms with van der Waals surface area (Å²) < 4.78 is 0. The van der Waals surface area contributed by atoms with Gasteiger partial charge in [0, 0.05) is 35.9 Å². The van der Waals surface area contributed by atoms with E-state index in [9.17, 15) is 0 Å². The molecule has 3 heteroatoms. The summed E-state index contributed by atoms with van der Waals surface area (Å²) in [5.74, 6) is 3.16. The molecule has 0 saturated heterocycles. The monoisotopic (exact) mass is 181 g/mol. The number of hydrogen-bond acceptors (Lipinski definition) is 3. The Bertz CT molecular complexity index is 471.